The third-order valence-electron chi connectivity index (χ3n) is 4.56. The lowest BCUT2D eigenvalue weighted by Gasteiger charge is -2.30. The van der Waals surface area contributed by atoms with E-state index in [4.69, 9.17) is 18.4 Å². The number of aromatic nitrogens is 2. The minimum Gasteiger partial charge on any atom is -0.493 e. The first-order valence-electron chi connectivity index (χ1n) is 8.84. The van der Waals surface area contributed by atoms with Crippen LogP contribution in [0.4, 0.5) is 0 Å². The van der Waals surface area contributed by atoms with Crippen LogP contribution in [0, 0.1) is 0 Å². The number of nitrogens with zero attached hydrogens (tertiary/aromatic N) is 3. The molecule has 0 spiro atoms. The molecule has 1 atom stereocenters. The molecule has 150 valence electrons. The fourth-order valence-corrected chi connectivity index (χ4v) is 3.02. The lowest BCUT2D eigenvalue weighted by molar-refractivity contribution is 0.190. The van der Waals surface area contributed by atoms with E-state index in [1.54, 1.807) is 13.2 Å². The van der Waals surface area contributed by atoms with Gasteiger partial charge in [0.1, 0.15) is 12.4 Å². The summed E-state index contributed by atoms with van der Waals surface area (Å²) in [4.78, 5) is 6.71. The molecule has 1 fully saturated rings. The van der Waals surface area contributed by atoms with Gasteiger partial charge < -0.3 is 23.7 Å². The Bertz CT molecular complexity index is 897. The number of furan rings is 1. The van der Waals surface area contributed by atoms with Crippen molar-refractivity contribution in [3.63, 3.8) is 0 Å². The largest absolute Gasteiger partial charge is 0.493 e. The molecule has 8 nitrogen and oxygen atoms in total. The molecule has 1 saturated heterocycles. The summed E-state index contributed by atoms with van der Waals surface area (Å²) in [7, 11) is 3.67. The highest BCUT2D eigenvalue weighted by atomic mass is 35.5. The maximum absolute atomic E-state index is 5.80. The summed E-state index contributed by atoms with van der Waals surface area (Å²) >= 11 is 0. The van der Waals surface area contributed by atoms with Crippen molar-refractivity contribution in [1.82, 2.24) is 20.4 Å². The minimum absolute atomic E-state index is 0. The van der Waals surface area contributed by atoms with Crippen LogP contribution in [0.15, 0.2) is 45.3 Å². The highest BCUT2D eigenvalue weighted by Gasteiger charge is 2.26. The fourth-order valence-electron chi connectivity index (χ4n) is 3.02. The molecule has 0 amide bonds. The third-order valence-corrected chi connectivity index (χ3v) is 4.56. The van der Waals surface area contributed by atoms with Crippen LogP contribution < -0.4 is 14.8 Å². The van der Waals surface area contributed by atoms with E-state index < -0.39 is 0 Å². The quantitative estimate of drug-likeness (QED) is 0.668. The number of nitrogens with one attached hydrogen (secondary N) is 1. The first-order valence-corrected chi connectivity index (χ1v) is 8.84. The van der Waals surface area contributed by atoms with Crippen molar-refractivity contribution < 1.29 is 18.4 Å². The smallest absolute Gasteiger partial charge is 0.293 e. The zero-order chi connectivity index (χ0) is 18.6. The predicted molar refractivity (Wildman–Crippen MR) is 105 cm³/mol. The van der Waals surface area contributed by atoms with Crippen LogP contribution in [0.1, 0.15) is 17.6 Å². The molecule has 1 N–H and O–H groups in total. The summed E-state index contributed by atoms with van der Waals surface area (Å²) in [6.45, 7) is 2.98. The highest BCUT2D eigenvalue weighted by Crippen LogP contribution is 2.28. The molecule has 0 radical (unpaired) electrons. The summed E-state index contributed by atoms with van der Waals surface area (Å²) in [5.41, 5.74) is 0. The van der Waals surface area contributed by atoms with E-state index in [-0.39, 0.29) is 25.1 Å². The summed E-state index contributed by atoms with van der Waals surface area (Å²) in [5, 5.41) is 7.46. The standard InChI is InChI=1S/C19H22N4O4.ClH/c1-23-10-9-20-11-14(23)18-21-19(27-22-18)17-8-7-13(26-17)12-25-16-6-4-3-5-15(16)24-2;/h3-8,14,20H,9-12H2,1-2H3;1H. The number of methoxy groups -OCH3 is 1. The number of benzene rings is 1. The number of ether oxygens (including phenoxy) is 2. The molecule has 1 aliphatic heterocycles. The predicted octanol–water partition coefficient (Wildman–Crippen LogP) is 2.92. The Morgan fingerprint density at radius 1 is 1.21 bits per heavy atom. The van der Waals surface area contributed by atoms with Crippen molar-refractivity contribution in [3.8, 4) is 23.1 Å². The van der Waals surface area contributed by atoms with Crippen LogP contribution in [0.2, 0.25) is 0 Å². The number of piperazine rings is 1. The zero-order valence-electron chi connectivity index (χ0n) is 15.8. The Morgan fingerprint density at radius 3 is 2.82 bits per heavy atom. The van der Waals surface area contributed by atoms with Crippen molar-refractivity contribution in [2.75, 3.05) is 33.8 Å². The molecule has 28 heavy (non-hydrogen) atoms. The van der Waals surface area contributed by atoms with E-state index >= 15 is 0 Å². The van der Waals surface area contributed by atoms with Crippen LogP contribution in [-0.2, 0) is 6.61 Å². The maximum atomic E-state index is 5.80. The second-order valence-electron chi connectivity index (χ2n) is 6.36. The SMILES string of the molecule is COc1ccccc1OCc1ccc(-c2nc(C3CNCCN3C)no2)o1.Cl. The highest BCUT2D eigenvalue weighted by molar-refractivity contribution is 5.85. The molecular formula is C19H23ClN4O4. The lowest BCUT2D eigenvalue weighted by atomic mass is 10.2. The molecule has 1 aliphatic rings. The normalized spacial score (nSPS) is 17.1. The van der Waals surface area contributed by atoms with Crippen molar-refractivity contribution in [1.29, 1.82) is 0 Å². The van der Waals surface area contributed by atoms with Gasteiger partial charge in [-0.25, -0.2) is 0 Å². The third kappa shape index (κ3) is 4.30. The van der Waals surface area contributed by atoms with Gasteiger partial charge in [-0.1, -0.05) is 17.3 Å². The van der Waals surface area contributed by atoms with Gasteiger partial charge in [0.2, 0.25) is 0 Å². The molecule has 3 aromatic rings. The van der Waals surface area contributed by atoms with Crippen LogP contribution in [0.25, 0.3) is 11.7 Å². The van der Waals surface area contributed by atoms with Gasteiger partial charge in [-0.05, 0) is 31.3 Å². The van der Waals surface area contributed by atoms with Gasteiger partial charge in [0, 0.05) is 19.6 Å². The molecule has 0 aliphatic carbocycles. The van der Waals surface area contributed by atoms with Gasteiger partial charge in [0.15, 0.2) is 23.1 Å². The van der Waals surface area contributed by atoms with Gasteiger partial charge in [0.25, 0.3) is 5.89 Å². The maximum Gasteiger partial charge on any atom is 0.293 e. The molecule has 1 aromatic carbocycles. The Morgan fingerprint density at radius 2 is 2.04 bits per heavy atom. The number of likely N-dealkylation sites (N-methyl/N-ethyl adjacent to an activating group) is 1. The van der Waals surface area contributed by atoms with Gasteiger partial charge in [-0.2, -0.15) is 4.98 Å². The second-order valence-corrected chi connectivity index (χ2v) is 6.36. The lowest BCUT2D eigenvalue weighted by Crippen LogP contribution is -2.44. The summed E-state index contributed by atoms with van der Waals surface area (Å²) < 4.78 is 22.3. The van der Waals surface area contributed by atoms with Crippen LogP contribution in [0.3, 0.4) is 0 Å². The van der Waals surface area contributed by atoms with E-state index in [9.17, 15) is 0 Å². The van der Waals surface area contributed by atoms with Gasteiger partial charge >= 0.3 is 0 Å². The number of hydrogen-bond donors (Lipinski definition) is 1. The zero-order valence-corrected chi connectivity index (χ0v) is 16.6. The average molecular weight is 407 g/mol. The number of halogens is 1. The summed E-state index contributed by atoms with van der Waals surface area (Å²) in [6.07, 6.45) is 0. The fraction of sp³-hybridized carbons (Fsp3) is 0.368. The first-order chi connectivity index (χ1) is 13.2. The molecule has 0 bridgehead atoms. The monoisotopic (exact) mass is 406 g/mol. The van der Waals surface area contributed by atoms with Gasteiger partial charge in [0.05, 0.1) is 13.2 Å². The first kappa shape index (κ1) is 20.2. The van der Waals surface area contributed by atoms with Crippen molar-refractivity contribution >= 4 is 12.4 Å². The molecule has 9 heteroatoms. The summed E-state index contributed by atoms with van der Waals surface area (Å²) in [6, 6.07) is 11.2. The van der Waals surface area contributed by atoms with Crippen LogP contribution in [0.5, 0.6) is 11.5 Å². The molecule has 0 saturated carbocycles. The van der Waals surface area contributed by atoms with Crippen molar-refractivity contribution in [3.05, 3.63) is 48.0 Å². The van der Waals surface area contributed by atoms with Crippen LogP contribution in [-0.4, -0.2) is 48.8 Å². The Kier molecular flexibility index (Phi) is 6.56. The Labute approximate surface area is 169 Å². The average Bonchev–Trinajstić information content (AvgIpc) is 3.36. The Hall–Kier alpha value is -2.55. The van der Waals surface area contributed by atoms with Gasteiger partial charge in [-0.3, -0.25) is 4.90 Å². The topological polar surface area (TPSA) is 85.8 Å². The van der Waals surface area contributed by atoms with E-state index in [0.29, 0.717) is 34.7 Å². The number of hydrogen-bond acceptors (Lipinski definition) is 8. The minimum atomic E-state index is 0. The molecule has 1 unspecified atom stereocenters. The molecule has 3 heterocycles. The van der Waals surface area contributed by atoms with Crippen molar-refractivity contribution in [2.45, 2.75) is 12.6 Å². The Balaban J connectivity index is 0.00000225. The number of para-hydroxylation sites is 2. The van der Waals surface area contributed by atoms with E-state index in [0.717, 1.165) is 19.6 Å². The van der Waals surface area contributed by atoms with Crippen molar-refractivity contribution in [2.24, 2.45) is 0 Å². The van der Waals surface area contributed by atoms with E-state index in [1.165, 1.54) is 0 Å². The molecular weight excluding hydrogens is 384 g/mol. The van der Waals surface area contributed by atoms with E-state index in [2.05, 4.69) is 27.4 Å². The second kappa shape index (κ2) is 9.09. The van der Waals surface area contributed by atoms with Crippen LogP contribution >= 0.6 is 12.4 Å². The molecule has 4 rings (SSSR count). The number of rotatable bonds is 6. The van der Waals surface area contributed by atoms with Gasteiger partial charge in [-0.15, -0.1) is 12.4 Å². The van der Waals surface area contributed by atoms with E-state index in [1.807, 2.05) is 30.3 Å². The molecule has 2 aromatic heterocycles. The summed E-state index contributed by atoms with van der Waals surface area (Å²) in [5.74, 6) is 3.54.